The van der Waals surface area contributed by atoms with E-state index in [-0.39, 0.29) is 5.84 Å². The quantitative estimate of drug-likeness (QED) is 0.505. The van der Waals surface area contributed by atoms with E-state index in [4.69, 9.17) is 11.1 Å². The number of amidine groups is 1. The third-order valence-electron chi connectivity index (χ3n) is 4.03. The van der Waals surface area contributed by atoms with E-state index in [9.17, 15) is 0 Å². The first-order chi connectivity index (χ1) is 9.44. The van der Waals surface area contributed by atoms with E-state index in [1.54, 1.807) is 11.8 Å². The predicted octanol–water partition coefficient (Wildman–Crippen LogP) is 3.71. The molecule has 0 bridgehead atoms. The lowest BCUT2D eigenvalue weighted by Gasteiger charge is -2.39. The maximum atomic E-state index is 7.93. The molecule has 0 aromatic heterocycles. The average molecular weight is 291 g/mol. The SMILES string of the molecule is CCSc1cccc(N2CCC(C)(C)CC2)c1C(=N)N. The Bertz CT molecular complexity index is 486. The number of anilines is 1. The molecule has 1 saturated heterocycles. The molecule has 1 aromatic rings. The molecule has 3 nitrogen and oxygen atoms in total. The highest BCUT2D eigenvalue weighted by Gasteiger charge is 2.27. The normalized spacial score (nSPS) is 18.1. The Morgan fingerprint density at radius 1 is 1.35 bits per heavy atom. The van der Waals surface area contributed by atoms with E-state index < -0.39 is 0 Å². The molecule has 0 saturated carbocycles. The second kappa shape index (κ2) is 6.08. The highest BCUT2D eigenvalue weighted by Crippen LogP contribution is 2.36. The molecule has 0 atom stereocenters. The molecule has 1 heterocycles. The Hall–Kier alpha value is -1.16. The van der Waals surface area contributed by atoms with Crippen molar-refractivity contribution in [2.45, 2.75) is 38.5 Å². The summed E-state index contributed by atoms with van der Waals surface area (Å²) in [6.45, 7) is 8.89. The van der Waals surface area contributed by atoms with Gasteiger partial charge in [-0.1, -0.05) is 26.8 Å². The number of thioether (sulfide) groups is 1. The van der Waals surface area contributed by atoms with Crippen molar-refractivity contribution in [1.29, 1.82) is 5.41 Å². The largest absolute Gasteiger partial charge is 0.384 e. The number of piperidine rings is 1. The zero-order valence-electron chi connectivity index (χ0n) is 12.7. The molecule has 4 heteroatoms. The number of hydrogen-bond acceptors (Lipinski definition) is 3. The van der Waals surface area contributed by atoms with Crippen LogP contribution in [0.1, 0.15) is 39.2 Å². The molecule has 0 unspecified atom stereocenters. The van der Waals surface area contributed by atoms with Gasteiger partial charge in [0.05, 0.1) is 5.56 Å². The molecule has 3 N–H and O–H groups in total. The lowest BCUT2D eigenvalue weighted by atomic mass is 9.82. The standard InChI is InChI=1S/C16H25N3S/c1-4-20-13-7-5-6-12(14(13)15(17)18)19-10-8-16(2,3)9-11-19/h5-7H,4,8-11H2,1-3H3,(H3,17,18). The second-order valence-corrected chi connectivity index (χ2v) is 7.45. The Balaban J connectivity index is 2.32. The first-order valence-corrected chi connectivity index (χ1v) is 8.28. The van der Waals surface area contributed by atoms with Gasteiger partial charge in [0, 0.05) is 23.7 Å². The third-order valence-corrected chi connectivity index (χ3v) is 4.97. The van der Waals surface area contributed by atoms with Crippen molar-refractivity contribution < 1.29 is 0 Å². The lowest BCUT2D eigenvalue weighted by molar-refractivity contribution is 0.280. The number of nitrogens with two attached hydrogens (primary N) is 1. The van der Waals surface area contributed by atoms with E-state index in [2.05, 4.69) is 43.9 Å². The topological polar surface area (TPSA) is 53.1 Å². The van der Waals surface area contributed by atoms with E-state index in [0.29, 0.717) is 5.41 Å². The number of nitrogen functional groups attached to an aromatic ring is 1. The summed E-state index contributed by atoms with van der Waals surface area (Å²) in [5.74, 6) is 1.18. The Morgan fingerprint density at radius 3 is 2.55 bits per heavy atom. The fourth-order valence-electron chi connectivity index (χ4n) is 2.68. The molecule has 0 amide bonds. The third kappa shape index (κ3) is 3.29. The van der Waals surface area contributed by atoms with Crippen LogP contribution in [0.4, 0.5) is 5.69 Å². The smallest absolute Gasteiger partial charge is 0.126 e. The zero-order chi connectivity index (χ0) is 14.8. The van der Waals surface area contributed by atoms with E-state index >= 15 is 0 Å². The molecule has 1 aliphatic heterocycles. The summed E-state index contributed by atoms with van der Waals surface area (Å²) < 4.78 is 0. The van der Waals surface area contributed by atoms with Gasteiger partial charge in [0.1, 0.15) is 5.84 Å². The van der Waals surface area contributed by atoms with Crippen molar-refractivity contribution >= 4 is 23.3 Å². The van der Waals surface area contributed by atoms with Gasteiger partial charge < -0.3 is 10.6 Å². The minimum absolute atomic E-state index is 0.182. The fraction of sp³-hybridized carbons (Fsp3) is 0.562. The van der Waals surface area contributed by atoms with Crippen LogP contribution in [0.3, 0.4) is 0 Å². The minimum Gasteiger partial charge on any atom is -0.384 e. The van der Waals surface area contributed by atoms with Crippen LogP contribution in [-0.4, -0.2) is 24.7 Å². The summed E-state index contributed by atoms with van der Waals surface area (Å²) in [4.78, 5) is 3.52. The lowest BCUT2D eigenvalue weighted by Crippen LogP contribution is -2.38. The van der Waals surface area contributed by atoms with Gasteiger partial charge in [-0.15, -0.1) is 11.8 Å². The number of hydrogen-bond donors (Lipinski definition) is 2. The summed E-state index contributed by atoms with van der Waals surface area (Å²) in [5, 5.41) is 7.93. The van der Waals surface area contributed by atoms with Crippen molar-refractivity contribution in [2.24, 2.45) is 11.1 Å². The van der Waals surface area contributed by atoms with Gasteiger partial charge >= 0.3 is 0 Å². The predicted molar refractivity (Wildman–Crippen MR) is 89.1 cm³/mol. The summed E-state index contributed by atoms with van der Waals surface area (Å²) in [6.07, 6.45) is 2.38. The maximum Gasteiger partial charge on any atom is 0.126 e. The van der Waals surface area contributed by atoms with Crippen molar-refractivity contribution in [3.63, 3.8) is 0 Å². The van der Waals surface area contributed by atoms with Gasteiger partial charge in [0.2, 0.25) is 0 Å². The first kappa shape index (κ1) is 15.2. The summed E-state index contributed by atoms with van der Waals surface area (Å²) >= 11 is 1.76. The molecule has 20 heavy (non-hydrogen) atoms. The van der Waals surface area contributed by atoms with E-state index in [0.717, 1.165) is 35.0 Å². The highest BCUT2D eigenvalue weighted by atomic mass is 32.2. The molecule has 2 rings (SSSR count). The van der Waals surface area contributed by atoms with Crippen molar-refractivity contribution in [1.82, 2.24) is 0 Å². The fourth-order valence-corrected chi connectivity index (χ4v) is 3.53. The van der Waals surface area contributed by atoms with Gasteiger partial charge in [-0.05, 0) is 36.1 Å². The Kier molecular flexibility index (Phi) is 4.63. The maximum absolute atomic E-state index is 7.93. The molecule has 110 valence electrons. The van der Waals surface area contributed by atoms with Crippen molar-refractivity contribution in [3.05, 3.63) is 23.8 Å². The molecular weight excluding hydrogens is 266 g/mol. The van der Waals surface area contributed by atoms with Gasteiger partial charge in [-0.3, -0.25) is 5.41 Å². The van der Waals surface area contributed by atoms with Crippen molar-refractivity contribution in [3.8, 4) is 0 Å². The molecule has 0 aliphatic carbocycles. The van der Waals surface area contributed by atoms with Crippen LogP contribution < -0.4 is 10.6 Å². The summed E-state index contributed by atoms with van der Waals surface area (Å²) in [7, 11) is 0. The van der Waals surface area contributed by atoms with E-state index in [1.165, 1.54) is 12.8 Å². The van der Waals surface area contributed by atoms with Crippen LogP contribution >= 0.6 is 11.8 Å². The Labute approximate surface area is 126 Å². The molecule has 0 radical (unpaired) electrons. The number of rotatable bonds is 4. The van der Waals surface area contributed by atoms with Gasteiger partial charge in [0.15, 0.2) is 0 Å². The number of nitrogens with one attached hydrogen (secondary N) is 1. The molecule has 1 aromatic carbocycles. The van der Waals surface area contributed by atoms with Gasteiger partial charge in [0.25, 0.3) is 0 Å². The Morgan fingerprint density at radius 2 is 2.00 bits per heavy atom. The van der Waals surface area contributed by atoms with Gasteiger partial charge in [-0.25, -0.2) is 0 Å². The van der Waals surface area contributed by atoms with E-state index in [1.807, 2.05) is 0 Å². The summed E-state index contributed by atoms with van der Waals surface area (Å²) in [6, 6.07) is 6.26. The molecule has 1 aliphatic rings. The first-order valence-electron chi connectivity index (χ1n) is 7.30. The van der Waals surface area contributed by atoms with Crippen molar-refractivity contribution in [2.75, 3.05) is 23.7 Å². The van der Waals surface area contributed by atoms with Gasteiger partial charge in [-0.2, -0.15) is 0 Å². The monoisotopic (exact) mass is 291 g/mol. The van der Waals surface area contributed by atoms with Crippen LogP contribution in [0.25, 0.3) is 0 Å². The summed E-state index contributed by atoms with van der Waals surface area (Å²) in [5.41, 5.74) is 8.33. The average Bonchev–Trinajstić information content (AvgIpc) is 2.38. The van der Waals surface area contributed by atoms with Crippen LogP contribution in [0.15, 0.2) is 23.1 Å². The zero-order valence-corrected chi connectivity index (χ0v) is 13.5. The van der Waals surface area contributed by atoms with Crippen LogP contribution in [-0.2, 0) is 0 Å². The van der Waals surface area contributed by atoms with Crippen LogP contribution in [0.2, 0.25) is 0 Å². The minimum atomic E-state index is 0.182. The highest BCUT2D eigenvalue weighted by molar-refractivity contribution is 7.99. The molecule has 0 spiro atoms. The molecule has 1 fully saturated rings. The number of nitrogens with zero attached hydrogens (tertiary/aromatic N) is 1. The second-order valence-electron chi connectivity index (χ2n) is 6.15. The number of benzene rings is 1. The molecular formula is C16H25N3S. The van der Waals surface area contributed by atoms with Crippen LogP contribution in [0.5, 0.6) is 0 Å². The van der Waals surface area contributed by atoms with Crippen LogP contribution in [0, 0.1) is 10.8 Å².